The summed E-state index contributed by atoms with van der Waals surface area (Å²) in [6.07, 6.45) is 2.02. The standard InChI is InChI=1S/C22H23N5O3/c1-26-21(29-2)16-10-9-14(12-18(16)25-26)20(28)23-13-15-6-5-11-27(15)22-24-17-7-3-4-8-19(17)30-22/h3-4,7-10,12,15H,5-6,11,13H2,1-2H3,(H,23,28). The van der Waals surface area contributed by atoms with Gasteiger partial charge in [0.25, 0.3) is 11.9 Å². The average molecular weight is 405 g/mol. The maximum Gasteiger partial charge on any atom is 0.298 e. The van der Waals surface area contributed by atoms with Gasteiger partial charge in [0.15, 0.2) is 5.58 Å². The Morgan fingerprint density at radius 2 is 2.13 bits per heavy atom. The largest absolute Gasteiger partial charge is 0.481 e. The number of para-hydroxylation sites is 2. The fraction of sp³-hybridized carbons (Fsp3) is 0.318. The zero-order valence-electron chi connectivity index (χ0n) is 17.0. The molecule has 0 aliphatic carbocycles. The van der Waals surface area contributed by atoms with Crippen LogP contribution < -0.4 is 15.0 Å². The number of amides is 1. The lowest BCUT2D eigenvalue weighted by Crippen LogP contribution is -2.40. The first kappa shape index (κ1) is 18.5. The molecular weight excluding hydrogens is 382 g/mol. The summed E-state index contributed by atoms with van der Waals surface area (Å²) in [6, 6.07) is 14.0. The molecule has 0 spiro atoms. The van der Waals surface area contributed by atoms with Crippen LogP contribution in [0.4, 0.5) is 6.01 Å². The van der Waals surface area contributed by atoms with Crippen molar-refractivity contribution in [2.75, 3.05) is 25.1 Å². The molecule has 4 aromatic rings. The number of nitrogens with one attached hydrogen (secondary N) is 1. The summed E-state index contributed by atoms with van der Waals surface area (Å²) < 4.78 is 13.0. The lowest BCUT2D eigenvalue weighted by atomic mass is 10.1. The summed E-state index contributed by atoms with van der Waals surface area (Å²) in [4.78, 5) is 19.5. The van der Waals surface area contributed by atoms with Gasteiger partial charge in [0.05, 0.1) is 24.1 Å². The van der Waals surface area contributed by atoms with Crippen LogP contribution in [0.15, 0.2) is 46.9 Å². The van der Waals surface area contributed by atoms with Gasteiger partial charge >= 0.3 is 0 Å². The summed E-state index contributed by atoms with van der Waals surface area (Å²) in [5.74, 6) is 0.558. The van der Waals surface area contributed by atoms with E-state index in [-0.39, 0.29) is 11.9 Å². The van der Waals surface area contributed by atoms with Crippen molar-refractivity contribution in [1.29, 1.82) is 0 Å². The van der Waals surface area contributed by atoms with Crippen LogP contribution >= 0.6 is 0 Å². The summed E-state index contributed by atoms with van der Waals surface area (Å²) in [6.45, 7) is 1.40. The quantitative estimate of drug-likeness (QED) is 0.549. The number of oxazole rings is 1. The summed E-state index contributed by atoms with van der Waals surface area (Å²) in [7, 11) is 3.43. The van der Waals surface area contributed by atoms with E-state index in [0.717, 1.165) is 41.4 Å². The van der Waals surface area contributed by atoms with Gasteiger partial charge in [-0.2, -0.15) is 10.1 Å². The topological polar surface area (TPSA) is 85.4 Å². The van der Waals surface area contributed by atoms with Crippen LogP contribution in [-0.2, 0) is 7.05 Å². The lowest BCUT2D eigenvalue weighted by Gasteiger charge is -2.23. The van der Waals surface area contributed by atoms with E-state index >= 15 is 0 Å². The van der Waals surface area contributed by atoms with E-state index in [0.29, 0.717) is 24.0 Å². The second-order valence-corrected chi connectivity index (χ2v) is 7.53. The molecule has 1 aliphatic rings. The molecule has 1 unspecified atom stereocenters. The van der Waals surface area contributed by atoms with Crippen LogP contribution in [0.2, 0.25) is 0 Å². The maximum atomic E-state index is 12.8. The third-order valence-electron chi connectivity index (χ3n) is 5.64. The van der Waals surface area contributed by atoms with Gasteiger partial charge < -0.3 is 19.4 Å². The minimum atomic E-state index is -0.120. The van der Waals surface area contributed by atoms with Crippen LogP contribution in [0, 0.1) is 0 Å². The molecule has 5 rings (SSSR count). The number of carbonyl (C=O) groups excluding carboxylic acids is 1. The minimum absolute atomic E-state index is 0.120. The van der Waals surface area contributed by atoms with E-state index in [2.05, 4.69) is 20.3 Å². The summed E-state index contributed by atoms with van der Waals surface area (Å²) in [5.41, 5.74) is 2.94. The fourth-order valence-electron chi connectivity index (χ4n) is 4.16. The number of fused-ring (bicyclic) bond motifs is 2. The van der Waals surface area contributed by atoms with E-state index in [1.54, 1.807) is 23.9 Å². The molecular formula is C22H23N5O3. The lowest BCUT2D eigenvalue weighted by molar-refractivity contribution is 0.0951. The number of hydrogen-bond acceptors (Lipinski definition) is 6. The molecule has 1 saturated heterocycles. The maximum absolute atomic E-state index is 12.8. The van der Waals surface area contributed by atoms with Crippen molar-refractivity contribution < 1.29 is 13.9 Å². The van der Waals surface area contributed by atoms with Crippen LogP contribution in [0.1, 0.15) is 23.2 Å². The van der Waals surface area contributed by atoms with Gasteiger partial charge in [0, 0.05) is 25.7 Å². The fourth-order valence-corrected chi connectivity index (χ4v) is 4.16. The molecule has 30 heavy (non-hydrogen) atoms. The Labute approximate surface area is 173 Å². The van der Waals surface area contributed by atoms with E-state index < -0.39 is 0 Å². The first-order chi connectivity index (χ1) is 14.6. The number of aromatic nitrogens is 3. The van der Waals surface area contributed by atoms with Gasteiger partial charge in [-0.05, 0) is 43.2 Å². The van der Waals surface area contributed by atoms with Crippen molar-refractivity contribution in [3.63, 3.8) is 0 Å². The number of ether oxygens (including phenoxy) is 1. The van der Waals surface area contributed by atoms with Crippen LogP contribution in [0.3, 0.4) is 0 Å². The van der Waals surface area contributed by atoms with Gasteiger partial charge in [0.1, 0.15) is 5.52 Å². The highest BCUT2D eigenvalue weighted by atomic mass is 16.5. The molecule has 1 fully saturated rings. The van der Waals surface area contributed by atoms with E-state index in [1.165, 1.54) is 0 Å². The molecule has 8 nitrogen and oxygen atoms in total. The zero-order valence-corrected chi connectivity index (χ0v) is 17.0. The number of hydrogen-bond donors (Lipinski definition) is 1. The molecule has 1 N–H and O–H groups in total. The Morgan fingerprint density at radius 3 is 2.97 bits per heavy atom. The second-order valence-electron chi connectivity index (χ2n) is 7.53. The predicted molar refractivity (Wildman–Crippen MR) is 114 cm³/mol. The number of aryl methyl sites for hydroxylation is 1. The second kappa shape index (κ2) is 7.37. The number of benzene rings is 2. The molecule has 0 saturated carbocycles. The molecule has 154 valence electrons. The van der Waals surface area contributed by atoms with Crippen LogP contribution in [-0.4, -0.2) is 46.9 Å². The zero-order chi connectivity index (χ0) is 20.7. The van der Waals surface area contributed by atoms with Crippen molar-refractivity contribution >= 4 is 33.9 Å². The molecule has 1 atom stereocenters. The van der Waals surface area contributed by atoms with E-state index in [1.807, 2.05) is 37.4 Å². The van der Waals surface area contributed by atoms with Crippen molar-refractivity contribution in [2.24, 2.45) is 7.05 Å². The number of methoxy groups -OCH3 is 1. The molecule has 0 bridgehead atoms. The Bertz CT molecular complexity index is 1200. The molecule has 0 radical (unpaired) electrons. The minimum Gasteiger partial charge on any atom is -0.481 e. The summed E-state index contributed by atoms with van der Waals surface area (Å²) in [5, 5.41) is 8.36. The van der Waals surface area contributed by atoms with E-state index in [9.17, 15) is 4.79 Å². The number of rotatable bonds is 5. The molecule has 3 heterocycles. The number of carbonyl (C=O) groups is 1. The number of nitrogens with zero attached hydrogens (tertiary/aromatic N) is 4. The highest BCUT2D eigenvalue weighted by Crippen LogP contribution is 2.28. The SMILES string of the molecule is COc1c2ccc(C(=O)NCC3CCCN3c3nc4ccccc4o3)cc2nn1C. The van der Waals surface area contributed by atoms with Crippen molar-refractivity contribution in [3.05, 3.63) is 48.0 Å². The molecule has 1 amide bonds. The highest BCUT2D eigenvalue weighted by molar-refractivity contribution is 5.98. The number of anilines is 1. The van der Waals surface area contributed by atoms with Crippen molar-refractivity contribution in [1.82, 2.24) is 20.1 Å². The Morgan fingerprint density at radius 1 is 1.27 bits per heavy atom. The van der Waals surface area contributed by atoms with Crippen molar-refractivity contribution in [3.8, 4) is 5.88 Å². The van der Waals surface area contributed by atoms with Gasteiger partial charge in [-0.3, -0.25) is 4.79 Å². The van der Waals surface area contributed by atoms with Gasteiger partial charge in [-0.1, -0.05) is 12.1 Å². The van der Waals surface area contributed by atoms with E-state index in [4.69, 9.17) is 9.15 Å². The van der Waals surface area contributed by atoms with Crippen LogP contribution in [0.5, 0.6) is 5.88 Å². The van der Waals surface area contributed by atoms with Gasteiger partial charge in [0.2, 0.25) is 5.88 Å². The molecule has 2 aromatic carbocycles. The third kappa shape index (κ3) is 3.14. The Hall–Kier alpha value is -3.55. The van der Waals surface area contributed by atoms with Crippen LogP contribution in [0.25, 0.3) is 22.0 Å². The Kier molecular flexibility index (Phi) is 4.54. The third-order valence-corrected chi connectivity index (χ3v) is 5.64. The van der Waals surface area contributed by atoms with Gasteiger partial charge in [-0.15, -0.1) is 0 Å². The Balaban J connectivity index is 1.30. The summed E-state index contributed by atoms with van der Waals surface area (Å²) >= 11 is 0. The first-order valence-corrected chi connectivity index (χ1v) is 10.0. The molecule has 2 aromatic heterocycles. The molecule has 1 aliphatic heterocycles. The first-order valence-electron chi connectivity index (χ1n) is 10.0. The average Bonchev–Trinajstić information content (AvgIpc) is 3.46. The highest BCUT2D eigenvalue weighted by Gasteiger charge is 2.28. The molecule has 8 heteroatoms. The predicted octanol–water partition coefficient (Wildman–Crippen LogP) is 3.12. The monoisotopic (exact) mass is 405 g/mol. The van der Waals surface area contributed by atoms with Gasteiger partial charge in [-0.25, -0.2) is 4.68 Å². The van der Waals surface area contributed by atoms with Crippen molar-refractivity contribution in [2.45, 2.75) is 18.9 Å². The smallest absolute Gasteiger partial charge is 0.298 e. The normalized spacial score (nSPS) is 16.5.